The normalized spacial score (nSPS) is 28.6. The number of carbonyl (C=O) groups is 1. The highest BCUT2D eigenvalue weighted by Gasteiger charge is 2.47. The van der Waals surface area contributed by atoms with Crippen LogP contribution in [0.4, 0.5) is 4.39 Å². The molecule has 0 radical (unpaired) electrons. The highest BCUT2D eigenvalue weighted by Crippen LogP contribution is 2.51. The molecule has 2 atom stereocenters. The number of halogens is 1. The monoisotopic (exact) mass is 411 g/mol. The van der Waals surface area contributed by atoms with Crippen molar-refractivity contribution >= 4 is 5.97 Å². The molecule has 0 spiro atoms. The largest absolute Gasteiger partial charge is 0.481 e. The number of nitrogens with zero attached hydrogens (tertiary/aromatic N) is 1. The van der Waals surface area contributed by atoms with E-state index in [0.29, 0.717) is 17.0 Å². The fraction of sp³-hybridized carbons (Fsp3) is 0.520. The number of hydrogen-bond donors (Lipinski definition) is 1. The summed E-state index contributed by atoms with van der Waals surface area (Å²) in [6, 6.07) is 9.29. The summed E-state index contributed by atoms with van der Waals surface area (Å²) in [6.45, 7) is 3.66. The first-order valence-electron chi connectivity index (χ1n) is 10.9. The Morgan fingerprint density at radius 2 is 2.03 bits per heavy atom. The van der Waals surface area contributed by atoms with E-state index in [0.717, 1.165) is 51.7 Å². The zero-order valence-electron chi connectivity index (χ0n) is 17.5. The maximum atomic E-state index is 15.7. The zero-order valence-corrected chi connectivity index (χ0v) is 17.5. The standard InChI is InChI=1S/C25H30FNO3/c1-2-3-14-30-17-18-8-10-21(11-9-18)25(22-7-5-4-6-20(22)16-27)13-12-19(24(28)29)15-23(25)26/h4-7,12-13,15,18-19,21H,2-3,8-11,14,17H2,1H3,(H,28,29)/t18-,19?,21-,25?. The Labute approximate surface area is 178 Å². The summed E-state index contributed by atoms with van der Waals surface area (Å²) in [4.78, 5) is 11.4. The minimum absolute atomic E-state index is 0.0267. The van der Waals surface area contributed by atoms with Crippen LogP contribution in [0.15, 0.2) is 48.3 Å². The molecule has 4 nitrogen and oxygen atoms in total. The highest BCUT2D eigenvalue weighted by molar-refractivity contribution is 5.75. The summed E-state index contributed by atoms with van der Waals surface area (Å²) in [5.41, 5.74) is -0.0137. The predicted molar refractivity (Wildman–Crippen MR) is 113 cm³/mol. The first-order valence-corrected chi connectivity index (χ1v) is 10.9. The molecule has 2 aliphatic carbocycles. The van der Waals surface area contributed by atoms with Crippen LogP contribution in [0.5, 0.6) is 0 Å². The first kappa shape index (κ1) is 22.2. The van der Waals surface area contributed by atoms with Crippen molar-refractivity contribution in [2.75, 3.05) is 13.2 Å². The number of unbranched alkanes of at least 4 members (excludes halogenated alkanes) is 1. The summed E-state index contributed by atoms with van der Waals surface area (Å²) >= 11 is 0. The molecular weight excluding hydrogens is 381 g/mol. The molecule has 0 aromatic heterocycles. The van der Waals surface area contributed by atoms with Gasteiger partial charge >= 0.3 is 5.97 Å². The number of hydrogen-bond acceptors (Lipinski definition) is 3. The predicted octanol–water partition coefficient (Wildman–Crippen LogP) is 5.54. The molecule has 2 aliphatic rings. The van der Waals surface area contributed by atoms with Gasteiger partial charge in [-0.15, -0.1) is 0 Å². The summed E-state index contributed by atoms with van der Waals surface area (Å²) in [6.07, 6.45) is 10.2. The molecule has 2 unspecified atom stereocenters. The molecule has 3 rings (SSSR count). The van der Waals surface area contributed by atoms with Crippen molar-refractivity contribution in [1.29, 1.82) is 5.26 Å². The van der Waals surface area contributed by atoms with Crippen molar-refractivity contribution < 1.29 is 19.0 Å². The van der Waals surface area contributed by atoms with Crippen LogP contribution >= 0.6 is 0 Å². The third-order valence-corrected chi connectivity index (χ3v) is 6.55. The minimum atomic E-state index is -1.08. The number of benzene rings is 1. The summed E-state index contributed by atoms with van der Waals surface area (Å²) < 4.78 is 21.5. The van der Waals surface area contributed by atoms with E-state index in [1.54, 1.807) is 30.4 Å². The lowest BCUT2D eigenvalue weighted by atomic mass is 9.60. The topological polar surface area (TPSA) is 70.3 Å². The van der Waals surface area contributed by atoms with E-state index in [2.05, 4.69) is 13.0 Å². The van der Waals surface area contributed by atoms with E-state index in [1.165, 1.54) is 6.08 Å². The third kappa shape index (κ3) is 4.49. The molecule has 0 saturated heterocycles. The second-order valence-electron chi connectivity index (χ2n) is 8.41. The maximum Gasteiger partial charge on any atom is 0.314 e. The number of allylic oxidation sites excluding steroid dienone is 2. The van der Waals surface area contributed by atoms with Gasteiger partial charge in [0.1, 0.15) is 5.83 Å². The van der Waals surface area contributed by atoms with Crippen molar-refractivity contribution in [3.63, 3.8) is 0 Å². The van der Waals surface area contributed by atoms with Gasteiger partial charge in [0, 0.05) is 13.2 Å². The molecule has 30 heavy (non-hydrogen) atoms. The molecule has 1 aromatic carbocycles. The Hall–Kier alpha value is -2.45. The third-order valence-electron chi connectivity index (χ3n) is 6.55. The Morgan fingerprint density at radius 1 is 1.30 bits per heavy atom. The van der Waals surface area contributed by atoms with E-state index in [4.69, 9.17) is 4.74 Å². The average molecular weight is 412 g/mol. The fourth-order valence-electron chi connectivity index (χ4n) is 4.83. The van der Waals surface area contributed by atoms with Gasteiger partial charge in [0.05, 0.1) is 23.0 Å². The van der Waals surface area contributed by atoms with Crippen LogP contribution < -0.4 is 0 Å². The lowest BCUT2D eigenvalue weighted by molar-refractivity contribution is -0.138. The number of rotatable bonds is 8. The van der Waals surface area contributed by atoms with Crippen molar-refractivity contribution in [2.45, 2.75) is 50.9 Å². The highest BCUT2D eigenvalue weighted by atomic mass is 19.1. The lowest BCUT2D eigenvalue weighted by Gasteiger charge is -2.43. The molecule has 5 heteroatoms. The van der Waals surface area contributed by atoms with E-state index in [9.17, 15) is 15.2 Å². The summed E-state index contributed by atoms with van der Waals surface area (Å²) in [7, 11) is 0. The van der Waals surface area contributed by atoms with Gasteiger partial charge in [-0.05, 0) is 61.6 Å². The lowest BCUT2D eigenvalue weighted by Crippen LogP contribution is -2.40. The molecule has 160 valence electrons. The fourth-order valence-corrected chi connectivity index (χ4v) is 4.83. The van der Waals surface area contributed by atoms with Gasteiger partial charge in [0.15, 0.2) is 0 Å². The van der Waals surface area contributed by atoms with Crippen LogP contribution in [0.1, 0.15) is 56.6 Å². The van der Waals surface area contributed by atoms with Crippen LogP contribution in [-0.2, 0) is 14.9 Å². The summed E-state index contributed by atoms with van der Waals surface area (Å²) in [5, 5.41) is 19.0. The molecule has 1 fully saturated rings. The van der Waals surface area contributed by atoms with Crippen molar-refractivity contribution in [3.05, 3.63) is 59.4 Å². The van der Waals surface area contributed by atoms with Gasteiger partial charge in [-0.25, -0.2) is 4.39 Å². The number of ether oxygens (including phenoxy) is 1. The minimum Gasteiger partial charge on any atom is -0.481 e. The Morgan fingerprint density at radius 3 is 2.67 bits per heavy atom. The smallest absolute Gasteiger partial charge is 0.314 e. The van der Waals surface area contributed by atoms with Crippen LogP contribution in [-0.4, -0.2) is 24.3 Å². The second-order valence-corrected chi connectivity index (χ2v) is 8.41. The SMILES string of the molecule is CCCCOC[C@H]1CC[C@H](C2(c3ccccc3C#N)C=CC(C(=O)O)C=C2F)CC1. The molecule has 1 N–H and O–H groups in total. The Balaban J connectivity index is 1.86. The molecule has 1 aromatic rings. The molecule has 0 heterocycles. The molecule has 1 saturated carbocycles. The van der Waals surface area contributed by atoms with Crippen LogP contribution in [0, 0.1) is 29.1 Å². The van der Waals surface area contributed by atoms with Gasteiger partial charge < -0.3 is 9.84 Å². The first-order chi connectivity index (χ1) is 14.5. The summed E-state index contributed by atoms with van der Waals surface area (Å²) in [5.74, 6) is -2.07. The van der Waals surface area contributed by atoms with Gasteiger partial charge in [-0.1, -0.05) is 43.7 Å². The zero-order chi connectivity index (χ0) is 21.6. The van der Waals surface area contributed by atoms with Gasteiger partial charge in [-0.3, -0.25) is 4.79 Å². The van der Waals surface area contributed by atoms with Gasteiger partial charge in [-0.2, -0.15) is 5.26 Å². The van der Waals surface area contributed by atoms with Crippen molar-refractivity contribution in [3.8, 4) is 6.07 Å². The van der Waals surface area contributed by atoms with E-state index in [1.807, 2.05) is 6.07 Å². The van der Waals surface area contributed by atoms with Crippen molar-refractivity contribution in [2.24, 2.45) is 17.8 Å². The Kier molecular flexibility index (Phi) is 7.44. The van der Waals surface area contributed by atoms with Gasteiger partial charge in [0.25, 0.3) is 0 Å². The molecular formula is C25H30FNO3. The van der Waals surface area contributed by atoms with E-state index < -0.39 is 23.1 Å². The van der Waals surface area contributed by atoms with E-state index >= 15 is 4.39 Å². The quantitative estimate of drug-likeness (QED) is 0.450. The van der Waals surface area contributed by atoms with Crippen molar-refractivity contribution in [1.82, 2.24) is 0 Å². The molecule has 0 bridgehead atoms. The van der Waals surface area contributed by atoms with Crippen LogP contribution in [0.2, 0.25) is 0 Å². The molecule has 0 aliphatic heterocycles. The maximum absolute atomic E-state index is 15.7. The van der Waals surface area contributed by atoms with Crippen LogP contribution in [0.3, 0.4) is 0 Å². The van der Waals surface area contributed by atoms with Crippen LogP contribution in [0.25, 0.3) is 0 Å². The van der Waals surface area contributed by atoms with Gasteiger partial charge in [0.2, 0.25) is 0 Å². The number of aliphatic carboxylic acids is 1. The van der Waals surface area contributed by atoms with E-state index in [-0.39, 0.29) is 5.92 Å². The number of carboxylic acids is 1. The second kappa shape index (κ2) is 10.0. The number of carboxylic acid groups (broad SMARTS) is 1. The molecule has 0 amide bonds. The number of nitriles is 1. The Bertz CT molecular complexity index is 848. The average Bonchev–Trinajstić information content (AvgIpc) is 2.77.